The molecule has 0 N–H and O–H groups in total. The normalized spacial score (nSPS) is 11.1. The van der Waals surface area contributed by atoms with Crippen molar-refractivity contribution in [1.82, 2.24) is 4.90 Å². The van der Waals surface area contributed by atoms with Crippen molar-refractivity contribution in [3.05, 3.63) is 0 Å². The zero-order valence-corrected chi connectivity index (χ0v) is 23.7. The summed E-state index contributed by atoms with van der Waals surface area (Å²) in [5.41, 5.74) is 0. The third kappa shape index (κ3) is 28.4. The summed E-state index contributed by atoms with van der Waals surface area (Å²) in [7, 11) is 0. The van der Waals surface area contributed by atoms with Gasteiger partial charge in [-0.3, -0.25) is 0 Å². The Morgan fingerprint density at radius 2 is 0.806 bits per heavy atom. The molecule has 0 atom stereocenters. The second kappa shape index (κ2) is 28.5. The van der Waals surface area contributed by atoms with Crippen LogP contribution in [0.1, 0.15) is 149 Å². The van der Waals surface area contributed by atoms with Gasteiger partial charge in [0.1, 0.15) is 0 Å². The van der Waals surface area contributed by atoms with Gasteiger partial charge in [-0.25, -0.2) is 0 Å². The maximum atomic E-state index is 10.6. The average Bonchev–Trinajstić information content (AvgIpc) is 2.73. The smallest absolute Gasteiger partial charge is 0.550 e. The Hall–Kier alpha value is 0.430. The van der Waals surface area contributed by atoms with Crippen molar-refractivity contribution in [2.45, 2.75) is 149 Å². The Morgan fingerprint density at radius 1 is 0.516 bits per heavy atom. The fraction of sp³-hybridized carbons (Fsp3) is 0.963. The van der Waals surface area contributed by atoms with Crippen molar-refractivity contribution >= 4 is 5.97 Å². The molecule has 0 fully saturated rings. The van der Waals surface area contributed by atoms with E-state index in [1.807, 2.05) is 0 Å². The molecule has 0 spiro atoms. The van der Waals surface area contributed by atoms with Crippen LogP contribution in [0.25, 0.3) is 0 Å². The zero-order valence-electron chi connectivity index (χ0n) is 21.7. The van der Waals surface area contributed by atoms with Crippen LogP contribution in [0, 0.1) is 0 Å². The van der Waals surface area contributed by atoms with E-state index in [-0.39, 0.29) is 36.0 Å². The summed E-state index contributed by atoms with van der Waals surface area (Å²) in [5, 5.41) is 10.6. The topological polar surface area (TPSA) is 43.4 Å². The summed E-state index contributed by atoms with van der Waals surface area (Å²) < 4.78 is 0. The molecule has 0 heterocycles. The first-order chi connectivity index (χ1) is 14.7. The number of carboxylic acid groups (broad SMARTS) is 1. The van der Waals surface area contributed by atoms with Gasteiger partial charge in [0.15, 0.2) is 0 Å². The molecule has 0 aromatic heterocycles. The first kappa shape index (κ1) is 33.6. The fourth-order valence-electron chi connectivity index (χ4n) is 4.23. The molecule has 0 aromatic rings. The van der Waals surface area contributed by atoms with Gasteiger partial charge in [-0.1, -0.05) is 117 Å². The Kier molecular flexibility index (Phi) is 30.9. The van der Waals surface area contributed by atoms with E-state index in [0.29, 0.717) is 0 Å². The Morgan fingerprint density at radius 3 is 1.13 bits per heavy atom. The van der Waals surface area contributed by atoms with E-state index >= 15 is 0 Å². The minimum Gasteiger partial charge on any atom is -0.550 e. The van der Waals surface area contributed by atoms with Gasteiger partial charge in [0.2, 0.25) is 0 Å². The molecule has 0 aliphatic carbocycles. The van der Waals surface area contributed by atoms with E-state index in [1.54, 1.807) is 0 Å². The molecule has 31 heavy (non-hydrogen) atoms. The van der Waals surface area contributed by atoms with E-state index in [4.69, 9.17) is 0 Å². The molecule has 3 nitrogen and oxygen atoms in total. The fourth-order valence-corrected chi connectivity index (χ4v) is 4.23. The maximum absolute atomic E-state index is 10.6. The van der Waals surface area contributed by atoms with E-state index in [1.165, 1.54) is 129 Å². The molecule has 0 aromatic carbocycles. The minimum absolute atomic E-state index is 0. The maximum Gasteiger partial charge on any atom is 1.00 e. The largest absolute Gasteiger partial charge is 1.00 e. The van der Waals surface area contributed by atoms with Crippen molar-refractivity contribution in [3.8, 4) is 0 Å². The van der Waals surface area contributed by atoms with Crippen LogP contribution < -0.4 is 34.7 Å². The van der Waals surface area contributed by atoms with Crippen LogP contribution >= 0.6 is 0 Å². The second-order valence-corrected chi connectivity index (χ2v) is 9.33. The standard InChI is InChI=1S/C27H55NO2.Na/c1-3-5-7-9-11-13-15-17-20-24-28(26-22-19-23-27(29)30)25-21-18-16-14-12-10-8-6-4-2;/h3-26H2,1-2H3,(H,29,30);/q;+1/p-1. The Labute approximate surface area is 217 Å². The van der Waals surface area contributed by atoms with Crippen molar-refractivity contribution < 1.29 is 39.5 Å². The summed E-state index contributed by atoms with van der Waals surface area (Å²) in [6.07, 6.45) is 26.7. The van der Waals surface area contributed by atoms with E-state index in [9.17, 15) is 9.90 Å². The second-order valence-electron chi connectivity index (χ2n) is 9.33. The summed E-state index contributed by atoms with van der Waals surface area (Å²) in [6, 6.07) is 0. The molecular formula is C27H54NNaO2. The molecule has 0 aliphatic rings. The van der Waals surface area contributed by atoms with Crippen LogP contribution in [0.4, 0.5) is 0 Å². The number of hydrogen-bond acceptors (Lipinski definition) is 3. The predicted octanol–water partition coefficient (Wildman–Crippen LogP) is 4.27. The van der Waals surface area contributed by atoms with Gasteiger partial charge >= 0.3 is 29.6 Å². The minimum atomic E-state index is -0.903. The number of carbonyl (C=O) groups is 1. The zero-order chi connectivity index (χ0) is 22.1. The summed E-state index contributed by atoms with van der Waals surface area (Å²) in [6.45, 7) is 8.00. The van der Waals surface area contributed by atoms with Crippen LogP contribution in [0.5, 0.6) is 0 Å². The van der Waals surface area contributed by atoms with Gasteiger partial charge in [0.05, 0.1) is 0 Å². The quantitative estimate of drug-likeness (QED) is 0.155. The Balaban J connectivity index is 0. The first-order valence-electron chi connectivity index (χ1n) is 13.6. The van der Waals surface area contributed by atoms with Gasteiger partial charge in [-0.15, -0.1) is 0 Å². The number of unbranched alkanes of at least 4 members (excludes halogenated alkanes) is 17. The van der Waals surface area contributed by atoms with Crippen LogP contribution in [-0.2, 0) is 4.79 Å². The predicted molar refractivity (Wildman–Crippen MR) is 130 cm³/mol. The van der Waals surface area contributed by atoms with Gasteiger partial charge < -0.3 is 14.8 Å². The molecule has 0 amide bonds. The van der Waals surface area contributed by atoms with Crippen molar-refractivity contribution in [1.29, 1.82) is 0 Å². The molecule has 0 aliphatic heterocycles. The van der Waals surface area contributed by atoms with E-state index in [0.717, 1.165) is 19.4 Å². The number of carbonyl (C=O) groups excluding carboxylic acids is 1. The Bertz CT molecular complexity index is 330. The van der Waals surface area contributed by atoms with Crippen LogP contribution in [0.3, 0.4) is 0 Å². The van der Waals surface area contributed by atoms with E-state index in [2.05, 4.69) is 18.7 Å². The molecule has 0 bridgehead atoms. The number of rotatable bonds is 25. The first-order valence-corrected chi connectivity index (χ1v) is 13.6. The summed E-state index contributed by atoms with van der Waals surface area (Å²) in [4.78, 5) is 13.2. The number of carboxylic acids is 1. The number of aliphatic carboxylic acids is 1. The van der Waals surface area contributed by atoms with E-state index < -0.39 is 5.97 Å². The molecule has 0 saturated heterocycles. The molecule has 4 heteroatoms. The van der Waals surface area contributed by atoms with Gasteiger partial charge in [0, 0.05) is 5.97 Å². The summed E-state index contributed by atoms with van der Waals surface area (Å²) in [5.74, 6) is -0.903. The molecule has 0 unspecified atom stereocenters. The van der Waals surface area contributed by atoms with Gasteiger partial charge in [0.25, 0.3) is 0 Å². The average molecular weight is 448 g/mol. The van der Waals surface area contributed by atoms with Crippen LogP contribution in [-0.4, -0.2) is 30.5 Å². The third-order valence-corrected chi connectivity index (χ3v) is 6.26. The van der Waals surface area contributed by atoms with Crippen molar-refractivity contribution in [2.75, 3.05) is 19.6 Å². The molecule has 180 valence electrons. The number of nitrogens with zero attached hydrogens (tertiary/aromatic N) is 1. The molecule has 0 rings (SSSR count). The SMILES string of the molecule is CCCCCCCCCCCN(CCCCCCCCCCC)CCCCC(=O)[O-].[Na+]. The molecule has 0 saturated carbocycles. The number of hydrogen-bond donors (Lipinski definition) is 0. The third-order valence-electron chi connectivity index (χ3n) is 6.26. The molecule has 0 radical (unpaired) electrons. The van der Waals surface area contributed by atoms with Gasteiger partial charge in [-0.2, -0.15) is 0 Å². The summed E-state index contributed by atoms with van der Waals surface area (Å²) >= 11 is 0. The van der Waals surface area contributed by atoms with Crippen LogP contribution in [0.15, 0.2) is 0 Å². The monoisotopic (exact) mass is 447 g/mol. The van der Waals surface area contributed by atoms with Gasteiger partial charge in [-0.05, 0) is 51.7 Å². The van der Waals surface area contributed by atoms with Crippen molar-refractivity contribution in [3.63, 3.8) is 0 Å². The van der Waals surface area contributed by atoms with Crippen molar-refractivity contribution in [2.24, 2.45) is 0 Å². The molecular weight excluding hydrogens is 393 g/mol. The van der Waals surface area contributed by atoms with Crippen LogP contribution in [0.2, 0.25) is 0 Å².